The van der Waals surface area contributed by atoms with E-state index in [-0.39, 0.29) is 17.8 Å². The summed E-state index contributed by atoms with van der Waals surface area (Å²) < 4.78 is 0. The Kier molecular flexibility index (Phi) is 5.06. The molecular formula is C15H20ClNO. The lowest BCUT2D eigenvalue weighted by molar-refractivity contribution is -0.119. The van der Waals surface area contributed by atoms with E-state index < -0.39 is 0 Å². The standard InChI is InChI=1S/C15H20ClNO/c16-11-14(18)17-15(12-7-3-1-4-8-12)13-9-5-2-6-10-13/h1,3-4,7-8,13,15H,2,5-6,9-11H2,(H,17,18). The Labute approximate surface area is 114 Å². The number of carbonyl (C=O) groups is 1. The molecule has 1 saturated carbocycles. The van der Waals surface area contributed by atoms with Gasteiger partial charge >= 0.3 is 0 Å². The molecule has 0 bridgehead atoms. The third-order valence-corrected chi connectivity index (χ3v) is 3.96. The average molecular weight is 266 g/mol. The van der Waals surface area contributed by atoms with Gasteiger partial charge < -0.3 is 5.32 Å². The van der Waals surface area contributed by atoms with Gasteiger partial charge in [0.15, 0.2) is 0 Å². The number of amides is 1. The molecule has 1 N–H and O–H groups in total. The van der Waals surface area contributed by atoms with Crippen LogP contribution in [-0.4, -0.2) is 11.8 Å². The van der Waals surface area contributed by atoms with Crippen molar-refractivity contribution in [3.8, 4) is 0 Å². The van der Waals surface area contributed by atoms with Crippen molar-refractivity contribution in [2.45, 2.75) is 38.1 Å². The Morgan fingerprint density at radius 3 is 2.50 bits per heavy atom. The maximum absolute atomic E-state index is 11.6. The van der Waals surface area contributed by atoms with Crippen molar-refractivity contribution >= 4 is 17.5 Å². The van der Waals surface area contributed by atoms with Crippen molar-refractivity contribution in [3.63, 3.8) is 0 Å². The molecule has 0 spiro atoms. The number of hydrogen-bond acceptors (Lipinski definition) is 1. The molecule has 1 aliphatic rings. The fourth-order valence-corrected chi connectivity index (χ4v) is 2.89. The largest absolute Gasteiger partial charge is 0.348 e. The van der Waals surface area contributed by atoms with E-state index in [0.29, 0.717) is 5.92 Å². The number of alkyl halides is 1. The molecule has 1 unspecified atom stereocenters. The van der Waals surface area contributed by atoms with E-state index in [1.54, 1.807) is 0 Å². The van der Waals surface area contributed by atoms with Gasteiger partial charge in [-0.1, -0.05) is 49.6 Å². The SMILES string of the molecule is O=C(CCl)NC(c1ccccc1)C1CCCCC1. The fourth-order valence-electron chi connectivity index (χ4n) is 2.81. The van der Waals surface area contributed by atoms with Crippen LogP contribution < -0.4 is 5.32 Å². The van der Waals surface area contributed by atoms with Crippen LogP contribution in [0.25, 0.3) is 0 Å². The molecular weight excluding hydrogens is 246 g/mol. The van der Waals surface area contributed by atoms with Crippen molar-refractivity contribution in [3.05, 3.63) is 35.9 Å². The summed E-state index contributed by atoms with van der Waals surface area (Å²) in [6.45, 7) is 0. The molecule has 0 saturated heterocycles. The molecule has 98 valence electrons. The van der Waals surface area contributed by atoms with Gasteiger partial charge in [0.25, 0.3) is 0 Å². The number of carbonyl (C=O) groups excluding carboxylic acids is 1. The molecule has 1 aromatic rings. The summed E-state index contributed by atoms with van der Waals surface area (Å²) in [5.41, 5.74) is 1.20. The molecule has 18 heavy (non-hydrogen) atoms. The Hall–Kier alpha value is -1.02. The summed E-state index contributed by atoms with van der Waals surface area (Å²) >= 11 is 5.61. The highest BCUT2D eigenvalue weighted by atomic mass is 35.5. The second-order valence-corrected chi connectivity index (χ2v) is 5.25. The van der Waals surface area contributed by atoms with Gasteiger partial charge in [-0.3, -0.25) is 4.79 Å². The lowest BCUT2D eigenvalue weighted by Crippen LogP contribution is -2.35. The minimum Gasteiger partial charge on any atom is -0.348 e. The van der Waals surface area contributed by atoms with Crippen LogP contribution >= 0.6 is 11.6 Å². The van der Waals surface area contributed by atoms with Gasteiger partial charge in [0, 0.05) is 0 Å². The zero-order valence-corrected chi connectivity index (χ0v) is 11.3. The van der Waals surface area contributed by atoms with Crippen LogP contribution in [0.15, 0.2) is 30.3 Å². The molecule has 0 heterocycles. The predicted molar refractivity (Wildman–Crippen MR) is 74.6 cm³/mol. The summed E-state index contributed by atoms with van der Waals surface area (Å²) in [5.74, 6) is 0.514. The highest BCUT2D eigenvalue weighted by molar-refractivity contribution is 6.27. The van der Waals surface area contributed by atoms with Crippen LogP contribution in [0, 0.1) is 5.92 Å². The molecule has 2 nitrogen and oxygen atoms in total. The van der Waals surface area contributed by atoms with Crippen LogP contribution in [0.1, 0.15) is 43.7 Å². The monoisotopic (exact) mass is 265 g/mol. The first-order valence-electron chi connectivity index (χ1n) is 6.71. The molecule has 3 heteroatoms. The summed E-state index contributed by atoms with van der Waals surface area (Å²) in [6, 6.07) is 10.4. The third-order valence-electron chi connectivity index (χ3n) is 3.72. The molecule has 1 aromatic carbocycles. The topological polar surface area (TPSA) is 29.1 Å². The fraction of sp³-hybridized carbons (Fsp3) is 0.533. The van der Waals surface area contributed by atoms with Crippen LogP contribution in [-0.2, 0) is 4.79 Å². The minimum atomic E-state index is -0.0731. The highest BCUT2D eigenvalue weighted by Crippen LogP contribution is 2.34. The van der Waals surface area contributed by atoms with Crippen LogP contribution in [0.3, 0.4) is 0 Å². The van der Waals surface area contributed by atoms with Gasteiger partial charge in [-0.05, 0) is 24.3 Å². The van der Waals surface area contributed by atoms with E-state index in [0.717, 1.165) is 0 Å². The highest BCUT2D eigenvalue weighted by Gasteiger charge is 2.25. The molecule has 0 radical (unpaired) electrons. The van der Waals surface area contributed by atoms with Gasteiger partial charge in [0.2, 0.25) is 5.91 Å². The van der Waals surface area contributed by atoms with Crippen LogP contribution in [0.5, 0.6) is 0 Å². The predicted octanol–water partition coefficient (Wildman–Crippen LogP) is 3.66. The first kappa shape index (κ1) is 13.4. The first-order chi connectivity index (χ1) is 8.81. The zero-order chi connectivity index (χ0) is 12.8. The van der Waals surface area contributed by atoms with Gasteiger partial charge in [0.05, 0.1) is 6.04 Å². The van der Waals surface area contributed by atoms with E-state index in [2.05, 4.69) is 17.4 Å². The molecule has 1 fully saturated rings. The first-order valence-corrected chi connectivity index (χ1v) is 7.25. The maximum atomic E-state index is 11.6. The van der Waals surface area contributed by atoms with E-state index in [1.807, 2.05) is 18.2 Å². The number of halogens is 1. The lowest BCUT2D eigenvalue weighted by atomic mass is 9.81. The number of rotatable bonds is 4. The number of nitrogens with one attached hydrogen (secondary N) is 1. The Balaban J connectivity index is 2.14. The van der Waals surface area contributed by atoms with Gasteiger partial charge in [-0.15, -0.1) is 11.6 Å². The van der Waals surface area contributed by atoms with Crippen molar-refractivity contribution < 1.29 is 4.79 Å². The second kappa shape index (κ2) is 6.79. The van der Waals surface area contributed by atoms with Gasteiger partial charge in [-0.25, -0.2) is 0 Å². The van der Waals surface area contributed by atoms with Crippen LogP contribution in [0.4, 0.5) is 0 Å². The lowest BCUT2D eigenvalue weighted by Gasteiger charge is -2.31. The van der Waals surface area contributed by atoms with E-state index in [1.165, 1.54) is 37.7 Å². The molecule has 2 rings (SSSR count). The summed E-state index contributed by atoms with van der Waals surface area (Å²) in [6.07, 6.45) is 6.25. The van der Waals surface area contributed by atoms with Crippen molar-refractivity contribution in [2.75, 3.05) is 5.88 Å². The smallest absolute Gasteiger partial charge is 0.235 e. The van der Waals surface area contributed by atoms with Crippen molar-refractivity contribution in [2.24, 2.45) is 5.92 Å². The third kappa shape index (κ3) is 3.49. The molecule has 0 aromatic heterocycles. The maximum Gasteiger partial charge on any atom is 0.235 e. The molecule has 1 aliphatic carbocycles. The summed E-state index contributed by atoms with van der Waals surface area (Å²) in [4.78, 5) is 11.6. The van der Waals surface area contributed by atoms with Crippen molar-refractivity contribution in [1.82, 2.24) is 5.32 Å². The Morgan fingerprint density at radius 1 is 1.22 bits per heavy atom. The van der Waals surface area contributed by atoms with Crippen LogP contribution in [0.2, 0.25) is 0 Å². The minimum absolute atomic E-state index is 0.0378. The van der Waals surface area contributed by atoms with Crippen molar-refractivity contribution in [1.29, 1.82) is 0 Å². The van der Waals surface area contributed by atoms with Gasteiger partial charge in [-0.2, -0.15) is 0 Å². The quantitative estimate of drug-likeness (QED) is 0.827. The molecule has 0 aliphatic heterocycles. The van der Waals surface area contributed by atoms with E-state index in [4.69, 9.17) is 11.6 Å². The summed E-state index contributed by atoms with van der Waals surface area (Å²) in [7, 11) is 0. The number of hydrogen-bond donors (Lipinski definition) is 1. The summed E-state index contributed by atoms with van der Waals surface area (Å²) in [5, 5.41) is 3.08. The number of benzene rings is 1. The zero-order valence-electron chi connectivity index (χ0n) is 10.6. The van der Waals surface area contributed by atoms with Gasteiger partial charge in [0.1, 0.15) is 5.88 Å². The Morgan fingerprint density at radius 2 is 1.89 bits per heavy atom. The average Bonchev–Trinajstić information content (AvgIpc) is 2.46. The van der Waals surface area contributed by atoms with E-state index in [9.17, 15) is 4.79 Å². The molecule has 1 amide bonds. The van der Waals surface area contributed by atoms with E-state index >= 15 is 0 Å². The second-order valence-electron chi connectivity index (χ2n) is 4.99. The normalized spacial score (nSPS) is 18.3. The molecule has 1 atom stereocenters. The Bertz CT molecular complexity index is 373.